The van der Waals surface area contributed by atoms with Crippen molar-refractivity contribution in [3.05, 3.63) is 124 Å². The lowest BCUT2D eigenvalue weighted by atomic mass is 10.0. The lowest BCUT2D eigenvalue weighted by Gasteiger charge is -2.27. The number of benzene rings is 3. The van der Waals surface area contributed by atoms with Gasteiger partial charge in [0.15, 0.2) is 5.13 Å². The molecule has 368 valence electrons. The van der Waals surface area contributed by atoms with Crippen LogP contribution < -0.4 is 26.6 Å². The van der Waals surface area contributed by atoms with Gasteiger partial charge in [-0.1, -0.05) is 99.2 Å². The number of rotatable bonds is 25. The van der Waals surface area contributed by atoms with E-state index in [9.17, 15) is 42.0 Å². The van der Waals surface area contributed by atoms with Gasteiger partial charge < -0.3 is 26.0 Å². The van der Waals surface area contributed by atoms with E-state index in [4.69, 9.17) is 4.74 Å². The maximum atomic E-state index is 13.5. The first kappa shape index (κ1) is 50.8. The highest BCUT2D eigenvalue weighted by atomic mass is 32.2. The van der Waals surface area contributed by atoms with Crippen molar-refractivity contribution in [3.8, 4) is 11.3 Å². The molecule has 0 bridgehead atoms. The summed E-state index contributed by atoms with van der Waals surface area (Å²) in [4.78, 5) is 95.1. The van der Waals surface area contributed by atoms with Crippen LogP contribution in [0.3, 0.4) is 0 Å². The first-order chi connectivity index (χ1) is 33.7. The van der Waals surface area contributed by atoms with Gasteiger partial charge in [-0.05, 0) is 48.6 Å². The minimum absolute atomic E-state index is 0.0213. The Morgan fingerprint density at radius 3 is 2.29 bits per heavy atom. The standard InChI is InChI=1S/C50H56N8O10S2/c1-70(66,67)57-27-25-36(29-57)45(61)53-39(46(62)56-50-54-40(32-69-50)35-14-9-8-10-15-35)31-68-30-34-21-19-33(20-22-34)28-52-42(59)18-11-6-4-2-3-5-7-12-26-51-38-17-13-16-37-44(38)49(65)58(48(37)64)41-23-24-43(60)55-47(41)63/h8-10,13-17,19-22,25,27,29,32,39,41,51H,2-7,11-12,18,23-24,26,28,30-31H2,1H3,(H,52,59)(H,53,61)(H,54,56,62)(H,55,60,63). The molecule has 70 heavy (non-hydrogen) atoms. The third-order valence-electron chi connectivity index (χ3n) is 11.9. The Bertz CT molecular complexity index is 2810. The van der Waals surface area contributed by atoms with Gasteiger partial charge in [-0.3, -0.25) is 47.8 Å². The summed E-state index contributed by atoms with van der Waals surface area (Å²) in [6.45, 7) is 0.927. The van der Waals surface area contributed by atoms with Crippen LogP contribution in [0.4, 0.5) is 10.8 Å². The zero-order chi connectivity index (χ0) is 49.6. The number of imide groups is 2. The molecular formula is C50H56N8O10S2. The Hall–Kier alpha value is -7.03. The molecule has 20 heteroatoms. The monoisotopic (exact) mass is 992 g/mol. The van der Waals surface area contributed by atoms with Crippen molar-refractivity contribution in [2.45, 2.75) is 95.9 Å². The molecule has 7 rings (SSSR count). The molecule has 2 aromatic heterocycles. The van der Waals surface area contributed by atoms with E-state index in [1.165, 1.54) is 29.8 Å². The first-order valence-electron chi connectivity index (χ1n) is 23.3. The van der Waals surface area contributed by atoms with Crippen molar-refractivity contribution in [2.24, 2.45) is 0 Å². The average molecular weight is 993 g/mol. The fourth-order valence-electron chi connectivity index (χ4n) is 8.10. The van der Waals surface area contributed by atoms with Gasteiger partial charge in [-0.15, -0.1) is 11.3 Å². The number of nitrogens with zero attached hydrogens (tertiary/aromatic N) is 3. The highest BCUT2D eigenvalue weighted by molar-refractivity contribution is 7.89. The quantitative estimate of drug-likeness (QED) is 0.0333. The van der Waals surface area contributed by atoms with E-state index in [-0.39, 0.29) is 48.7 Å². The van der Waals surface area contributed by atoms with Gasteiger partial charge in [0, 0.05) is 55.0 Å². The van der Waals surface area contributed by atoms with E-state index in [1.807, 2.05) is 60.0 Å². The van der Waals surface area contributed by atoms with Gasteiger partial charge in [0.25, 0.3) is 23.6 Å². The molecule has 0 spiro atoms. The van der Waals surface area contributed by atoms with Crippen LogP contribution in [-0.2, 0) is 47.1 Å². The van der Waals surface area contributed by atoms with Crippen molar-refractivity contribution in [1.82, 2.24) is 29.8 Å². The molecular weight excluding hydrogens is 937 g/mol. The second-order valence-electron chi connectivity index (χ2n) is 17.2. The Morgan fingerprint density at radius 1 is 0.857 bits per heavy atom. The zero-order valence-corrected chi connectivity index (χ0v) is 40.4. The highest BCUT2D eigenvalue weighted by Crippen LogP contribution is 2.32. The second-order valence-corrected chi connectivity index (χ2v) is 19.9. The summed E-state index contributed by atoms with van der Waals surface area (Å²) >= 11 is 1.24. The smallest absolute Gasteiger partial charge is 0.264 e. The van der Waals surface area contributed by atoms with E-state index in [1.54, 1.807) is 18.2 Å². The van der Waals surface area contributed by atoms with Crippen molar-refractivity contribution >= 4 is 73.5 Å². The van der Waals surface area contributed by atoms with Gasteiger partial charge >= 0.3 is 0 Å². The minimum atomic E-state index is -3.62. The summed E-state index contributed by atoms with van der Waals surface area (Å²) in [5.74, 6) is -3.34. The largest absolute Gasteiger partial charge is 0.384 e. The van der Waals surface area contributed by atoms with Gasteiger partial charge in [0.2, 0.25) is 27.7 Å². The molecule has 7 amide bonds. The lowest BCUT2D eigenvalue weighted by Crippen LogP contribution is -2.54. The molecule has 2 aliphatic rings. The number of hydrogen-bond acceptors (Lipinski definition) is 13. The van der Waals surface area contributed by atoms with Crippen LogP contribution in [0.1, 0.15) is 113 Å². The van der Waals surface area contributed by atoms with Gasteiger partial charge in [0.05, 0.1) is 41.9 Å². The Balaban J connectivity index is 0.760. The fourth-order valence-corrected chi connectivity index (χ4v) is 9.41. The van der Waals surface area contributed by atoms with E-state index >= 15 is 0 Å². The molecule has 5 N–H and O–H groups in total. The molecule has 2 atom stereocenters. The van der Waals surface area contributed by atoms with E-state index in [0.29, 0.717) is 36.0 Å². The summed E-state index contributed by atoms with van der Waals surface area (Å²) in [5.41, 5.74) is 4.41. The van der Waals surface area contributed by atoms with E-state index in [2.05, 4.69) is 31.6 Å². The number of thiazole rings is 1. The summed E-state index contributed by atoms with van der Waals surface area (Å²) < 4.78 is 30.7. The van der Waals surface area contributed by atoms with Crippen molar-refractivity contribution < 1.29 is 46.7 Å². The zero-order valence-electron chi connectivity index (χ0n) is 38.7. The molecule has 1 fully saturated rings. The first-order valence-corrected chi connectivity index (χ1v) is 26.0. The van der Waals surface area contributed by atoms with Crippen LogP contribution >= 0.6 is 11.3 Å². The van der Waals surface area contributed by atoms with Crippen molar-refractivity contribution in [1.29, 1.82) is 0 Å². The van der Waals surface area contributed by atoms with Gasteiger partial charge in [-0.2, -0.15) is 0 Å². The number of carbonyl (C=O) groups is 7. The van der Waals surface area contributed by atoms with E-state index < -0.39 is 57.6 Å². The molecule has 0 aliphatic carbocycles. The molecule has 0 saturated carbocycles. The number of nitrogens with one attached hydrogen (secondary N) is 5. The van der Waals surface area contributed by atoms with E-state index in [0.717, 1.165) is 83.2 Å². The molecule has 3 aromatic carbocycles. The number of fused-ring (bicyclic) bond motifs is 1. The van der Waals surface area contributed by atoms with Crippen LogP contribution in [0.15, 0.2) is 96.6 Å². The maximum Gasteiger partial charge on any atom is 0.264 e. The van der Waals surface area contributed by atoms with Crippen LogP contribution in [-0.4, -0.2) is 95.1 Å². The predicted octanol–water partition coefficient (Wildman–Crippen LogP) is 6.01. The molecule has 2 aliphatic heterocycles. The van der Waals surface area contributed by atoms with Gasteiger partial charge in [-0.25, -0.2) is 13.4 Å². The average Bonchev–Trinajstić information content (AvgIpc) is 4.10. The van der Waals surface area contributed by atoms with Crippen molar-refractivity contribution in [3.63, 3.8) is 0 Å². The Labute approximate surface area is 410 Å². The SMILES string of the molecule is CS(=O)(=O)n1ccc(C(=O)NC(COCc2ccc(CNC(=O)CCCCCCCCCCNc3cccc4c3C(=O)N(C3CCC(=O)NC3=O)C4=O)cc2)C(=O)Nc2nc(-c3ccccc3)cs2)c1. The Morgan fingerprint density at radius 2 is 1.57 bits per heavy atom. The topological polar surface area (TPSA) is 244 Å². The van der Waals surface area contributed by atoms with Crippen LogP contribution in [0.25, 0.3) is 11.3 Å². The maximum absolute atomic E-state index is 13.5. The number of anilines is 2. The Kier molecular flexibility index (Phi) is 17.4. The molecule has 5 aromatic rings. The summed E-state index contributed by atoms with van der Waals surface area (Å²) in [6.07, 6.45) is 11.9. The summed E-state index contributed by atoms with van der Waals surface area (Å²) in [7, 11) is -3.62. The highest BCUT2D eigenvalue weighted by Gasteiger charge is 2.45. The predicted molar refractivity (Wildman–Crippen MR) is 263 cm³/mol. The fraction of sp³-hybridized carbons (Fsp3) is 0.360. The van der Waals surface area contributed by atoms with Crippen LogP contribution in [0.5, 0.6) is 0 Å². The van der Waals surface area contributed by atoms with Crippen LogP contribution in [0, 0.1) is 0 Å². The molecule has 0 radical (unpaired) electrons. The van der Waals surface area contributed by atoms with Gasteiger partial charge in [0.1, 0.15) is 12.1 Å². The van der Waals surface area contributed by atoms with Crippen molar-refractivity contribution in [2.75, 3.05) is 30.0 Å². The lowest BCUT2D eigenvalue weighted by molar-refractivity contribution is -0.136. The number of amides is 7. The second kappa shape index (κ2) is 24.0. The number of unbranched alkanes of at least 4 members (excludes halogenated alkanes) is 7. The summed E-state index contributed by atoms with van der Waals surface area (Å²) in [6, 6.07) is 21.2. The molecule has 4 heterocycles. The number of carbonyl (C=O) groups excluding carboxylic acids is 7. The summed E-state index contributed by atoms with van der Waals surface area (Å²) in [5, 5.41) is 16.1. The third kappa shape index (κ3) is 13.6. The third-order valence-corrected chi connectivity index (χ3v) is 13.7. The minimum Gasteiger partial charge on any atom is -0.384 e. The molecule has 18 nitrogen and oxygen atoms in total. The van der Waals surface area contributed by atoms with Crippen LogP contribution in [0.2, 0.25) is 0 Å². The number of piperidine rings is 1. The number of hydrogen-bond donors (Lipinski definition) is 5. The molecule has 2 unspecified atom stereocenters. The number of aromatic nitrogens is 2. The molecule has 1 saturated heterocycles. The number of ether oxygens (including phenoxy) is 1. The normalized spacial score (nSPS) is 15.0.